The molecule has 2 heterocycles. The maximum absolute atomic E-state index is 12.7. The van der Waals surface area contributed by atoms with Gasteiger partial charge >= 0.3 is 0 Å². The molecule has 2 aliphatic rings. The van der Waals surface area contributed by atoms with Crippen LogP contribution in [0.25, 0.3) is 0 Å². The van der Waals surface area contributed by atoms with Crippen LogP contribution in [0.1, 0.15) is 38.5 Å². The number of rotatable bonds is 6. The van der Waals surface area contributed by atoms with Gasteiger partial charge in [0.25, 0.3) is 10.0 Å². The minimum Gasteiger partial charge on any atom is -0.490 e. The number of anilines is 1. The number of carbonyl (C=O) groups is 1. The van der Waals surface area contributed by atoms with Gasteiger partial charge < -0.3 is 10.1 Å². The van der Waals surface area contributed by atoms with Crippen molar-refractivity contribution in [1.82, 2.24) is 4.31 Å². The Hall–Kier alpha value is -1.90. The van der Waals surface area contributed by atoms with E-state index in [-0.39, 0.29) is 18.4 Å². The number of thiophene rings is 1. The summed E-state index contributed by atoms with van der Waals surface area (Å²) in [6.07, 6.45) is 6.31. The lowest BCUT2D eigenvalue weighted by atomic mass is 9.99. The van der Waals surface area contributed by atoms with Gasteiger partial charge in [0.05, 0.1) is 12.0 Å². The summed E-state index contributed by atoms with van der Waals surface area (Å²) in [6, 6.07) is 10.8. The van der Waals surface area contributed by atoms with E-state index < -0.39 is 10.0 Å². The highest BCUT2D eigenvalue weighted by Gasteiger charge is 2.33. The summed E-state index contributed by atoms with van der Waals surface area (Å²) in [5.41, 5.74) is 0.701. The predicted molar refractivity (Wildman–Crippen MR) is 114 cm³/mol. The second-order valence-corrected chi connectivity index (χ2v) is 10.8. The Kier molecular flexibility index (Phi) is 6.22. The van der Waals surface area contributed by atoms with E-state index in [0.717, 1.165) is 18.6 Å². The average Bonchev–Trinajstić information content (AvgIpc) is 3.44. The molecule has 1 aromatic carbocycles. The summed E-state index contributed by atoms with van der Waals surface area (Å²) >= 11 is 1.21. The highest BCUT2D eigenvalue weighted by molar-refractivity contribution is 7.91. The summed E-state index contributed by atoms with van der Waals surface area (Å²) in [5, 5.41) is 4.68. The number of nitrogens with one attached hydrogen (secondary N) is 1. The third-order valence-corrected chi connectivity index (χ3v) is 8.81. The Morgan fingerprint density at radius 1 is 1.07 bits per heavy atom. The van der Waals surface area contributed by atoms with Crippen LogP contribution in [0.2, 0.25) is 0 Å². The van der Waals surface area contributed by atoms with Crippen molar-refractivity contribution in [3.8, 4) is 5.75 Å². The molecule has 1 aliphatic carbocycles. The van der Waals surface area contributed by atoms with Gasteiger partial charge in [0.15, 0.2) is 0 Å². The van der Waals surface area contributed by atoms with Gasteiger partial charge in [-0.2, -0.15) is 4.31 Å². The van der Waals surface area contributed by atoms with Crippen LogP contribution >= 0.6 is 11.3 Å². The van der Waals surface area contributed by atoms with Crippen LogP contribution in [0.3, 0.4) is 0 Å². The van der Waals surface area contributed by atoms with E-state index in [1.165, 1.54) is 28.5 Å². The molecular weight excluding hydrogens is 408 g/mol. The predicted octanol–water partition coefficient (Wildman–Crippen LogP) is 4.11. The number of amides is 1. The molecule has 29 heavy (non-hydrogen) atoms. The van der Waals surface area contributed by atoms with Gasteiger partial charge in [0, 0.05) is 18.8 Å². The smallest absolute Gasteiger partial charge is 0.252 e. The van der Waals surface area contributed by atoms with Crippen LogP contribution < -0.4 is 10.1 Å². The standard InChI is InChI=1S/C21H26N2O4S2/c24-21(22-17-9-11-19(12-10-17)27-18-6-1-2-7-18)16-5-3-13-23(15-16)29(25,26)20-8-4-14-28-20/h4,8-12,14,16,18H,1-3,5-7,13,15H2,(H,22,24). The second-order valence-electron chi connectivity index (χ2n) is 7.67. The molecule has 1 atom stereocenters. The molecule has 1 amide bonds. The van der Waals surface area contributed by atoms with E-state index in [1.54, 1.807) is 17.5 Å². The fourth-order valence-electron chi connectivity index (χ4n) is 3.97. The first kappa shape index (κ1) is 20.4. The van der Waals surface area contributed by atoms with E-state index in [2.05, 4.69) is 5.32 Å². The van der Waals surface area contributed by atoms with Gasteiger partial charge in [-0.15, -0.1) is 11.3 Å². The Morgan fingerprint density at radius 3 is 2.52 bits per heavy atom. The number of sulfonamides is 1. The molecule has 4 rings (SSSR count). The minimum absolute atomic E-state index is 0.138. The number of hydrogen-bond donors (Lipinski definition) is 1. The highest BCUT2D eigenvalue weighted by atomic mass is 32.2. The second kappa shape index (κ2) is 8.85. The van der Waals surface area contributed by atoms with Crippen LogP contribution in [0.5, 0.6) is 5.75 Å². The number of nitrogens with zero attached hydrogens (tertiary/aromatic N) is 1. The van der Waals surface area contributed by atoms with Gasteiger partial charge in [0.1, 0.15) is 9.96 Å². The number of ether oxygens (including phenoxy) is 1. The van der Waals surface area contributed by atoms with Crippen molar-refractivity contribution in [3.63, 3.8) is 0 Å². The molecule has 1 N–H and O–H groups in total. The number of hydrogen-bond acceptors (Lipinski definition) is 5. The molecule has 0 radical (unpaired) electrons. The van der Waals surface area contributed by atoms with Crippen molar-refractivity contribution in [3.05, 3.63) is 41.8 Å². The van der Waals surface area contributed by atoms with Crippen LogP contribution in [-0.2, 0) is 14.8 Å². The molecule has 156 valence electrons. The van der Waals surface area contributed by atoms with Crippen molar-refractivity contribution in [2.45, 2.75) is 48.8 Å². The Bertz CT molecular complexity index is 920. The first-order valence-electron chi connectivity index (χ1n) is 10.1. The molecule has 6 nitrogen and oxygen atoms in total. The van der Waals surface area contributed by atoms with Crippen molar-refractivity contribution >= 4 is 33.0 Å². The Morgan fingerprint density at radius 2 is 1.83 bits per heavy atom. The molecule has 2 aromatic rings. The minimum atomic E-state index is -3.52. The fourth-order valence-corrected chi connectivity index (χ4v) is 6.64. The third kappa shape index (κ3) is 4.82. The summed E-state index contributed by atoms with van der Waals surface area (Å²) in [5.74, 6) is 0.328. The summed E-state index contributed by atoms with van der Waals surface area (Å²) in [4.78, 5) is 12.7. The summed E-state index contributed by atoms with van der Waals surface area (Å²) in [7, 11) is -3.52. The molecule has 1 unspecified atom stereocenters. The molecule has 1 saturated carbocycles. The highest BCUT2D eigenvalue weighted by Crippen LogP contribution is 2.28. The first-order valence-corrected chi connectivity index (χ1v) is 12.5. The monoisotopic (exact) mass is 434 g/mol. The quantitative estimate of drug-likeness (QED) is 0.742. The van der Waals surface area contributed by atoms with E-state index in [1.807, 2.05) is 24.3 Å². The van der Waals surface area contributed by atoms with E-state index in [0.29, 0.717) is 35.4 Å². The van der Waals surface area contributed by atoms with Gasteiger partial charge in [-0.3, -0.25) is 4.79 Å². The lowest BCUT2D eigenvalue weighted by Crippen LogP contribution is -2.43. The van der Waals surface area contributed by atoms with Crippen LogP contribution in [-0.4, -0.2) is 37.8 Å². The Labute approximate surface area is 175 Å². The molecule has 2 fully saturated rings. The van der Waals surface area contributed by atoms with E-state index in [9.17, 15) is 13.2 Å². The Balaban J connectivity index is 1.35. The van der Waals surface area contributed by atoms with Crippen LogP contribution in [0, 0.1) is 5.92 Å². The zero-order valence-electron chi connectivity index (χ0n) is 16.2. The van der Waals surface area contributed by atoms with Crippen molar-refractivity contribution in [1.29, 1.82) is 0 Å². The van der Waals surface area contributed by atoms with Gasteiger partial charge in [-0.05, 0) is 74.2 Å². The maximum atomic E-state index is 12.7. The van der Waals surface area contributed by atoms with Gasteiger partial charge in [0.2, 0.25) is 5.91 Å². The number of carbonyl (C=O) groups excluding carboxylic acids is 1. The molecular formula is C21H26N2O4S2. The number of benzene rings is 1. The maximum Gasteiger partial charge on any atom is 0.252 e. The average molecular weight is 435 g/mol. The van der Waals surface area contributed by atoms with Gasteiger partial charge in [-0.1, -0.05) is 6.07 Å². The molecule has 1 saturated heterocycles. The topological polar surface area (TPSA) is 75.7 Å². The summed E-state index contributed by atoms with van der Waals surface area (Å²) < 4.78 is 33.2. The lowest BCUT2D eigenvalue weighted by Gasteiger charge is -2.30. The molecule has 1 aromatic heterocycles. The normalized spacial score (nSPS) is 21.2. The third-order valence-electron chi connectivity index (χ3n) is 5.57. The van der Waals surface area contributed by atoms with E-state index >= 15 is 0 Å². The van der Waals surface area contributed by atoms with Crippen molar-refractivity contribution in [2.75, 3.05) is 18.4 Å². The van der Waals surface area contributed by atoms with E-state index in [4.69, 9.17) is 4.74 Å². The molecule has 0 spiro atoms. The molecule has 8 heteroatoms. The van der Waals surface area contributed by atoms with Crippen molar-refractivity contribution in [2.24, 2.45) is 5.92 Å². The lowest BCUT2D eigenvalue weighted by molar-refractivity contribution is -0.120. The first-order chi connectivity index (χ1) is 14.0. The SMILES string of the molecule is O=C(Nc1ccc(OC2CCCC2)cc1)C1CCCN(S(=O)(=O)c2cccs2)C1. The largest absolute Gasteiger partial charge is 0.490 e. The molecule has 0 bridgehead atoms. The fraction of sp³-hybridized carbons (Fsp3) is 0.476. The zero-order valence-corrected chi connectivity index (χ0v) is 17.9. The zero-order chi connectivity index (χ0) is 20.3. The van der Waals surface area contributed by atoms with Crippen LogP contribution in [0.15, 0.2) is 46.0 Å². The van der Waals surface area contributed by atoms with Crippen LogP contribution in [0.4, 0.5) is 5.69 Å². The number of piperidine rings is 1. The summed E-state index contributed by atoms with van der Waals surface area (Å²) in [6.45, 7) is 0.673. The van der Waals surface area contributed by atoms with Crippen molar-refractivity contribution < 1.29 is 17.9 Å². The van der Waals surface area contributed by atoms with Gasteiger partial charge in [-0.25, -0.2) is 8.42 Å². The molecule has 1 aliphatic heterocycles.